The Hall–Kier alpha value is -1.96. The number of benzene rings is 1. The van der Waals surface area contributed by atoms with Crippen LogP contribution in [0.4, 0.5) is 26.1 Å². The van der Waals surface area contributed by atoms with Gasteiger partial charge in [0, 0.05) is 5.69 Å². The number of anilines is 3. The Bertz CT molecular complexity index is 565. The zero-order chi connectivity index (χ0) is 13.8. The first-order chi connectivity index (χ1) is 9.06. The Morgan fingerprint density at radius 3 is 2.53 bits per heavy atom. The van der Waals surface area contributed by atoms with Crippen LogP contribution >= 0.6 is 15.9 Å². The molecule has 5 nitrogen and oxygen atoms in total. The van der Waals surface area contributed by atoms with Gasteiger partial charge >= 0.3 is 6.61 Å². The summed E-state index contributed by atoms with van der Waals surface area (Å²) >= 11 is 3.25. The molecule has 1 aromatic heterocycles. The van der Waals surface area contributed by atoms with Crippen LogP contribution in [0, 0.1) is 0 Å². The molecular weight excluding hydrogens is 322 g/mol. The van der Waals surface area contributed by atoms with Crippen molar-refractivity contribution in [3.8, 4) is 5.75 Å². The molecule has 0 bridgehead atoms. The van der Waals surface area contributed by atoms with Crippen LogP contribution in [-0.2, 0) is 0 Å². The van der Waals surface area contributed by atoms with Crippen LogP contribution in [0.1, 0.15) is 0 Å². The molecule has 0 aliphatic carbocycles. The third kappa shape index (κ3) is 3.50. The van der Waals surface area contributed by atoms with Gasteiger partial charge in [0.25, 0.3) is 0 Å². The summed E-state index contributed by atoms with van der Waals surface area (Å²) in [6.45, 7) is -2.84. The number of alkyl halides is 2. The van der Waals surface area contributed by atoms with Crippen molar-refractivity contribution in [1.82, 2.24) is 9.97 Å². The molecule has 0 unspecified atom stereocenters. The molecule has 0 spiro atoms. The van der Waals surface area contributed by atoms with Crippen molar-refractivity contribution in [2.75, 3.05) is 11.1 Å². The molecule has 1 aromatic carbocycles. The molecule has 19 heavy (non-hydrogen) atoms. The van der Waals surface area contributed by atoms with E-state index in [1.54, 1.807) is 12.1 Å². The maximum atomic E-state index is 12.0. The van der Waals surface area contributed by atoms with Crippen LogP contribution in [0.15, 0.2) is 35.1 Å². The minimum Gasteiger partial charge on any atom is -0.435 e. The predicted molar refractivity (Wildman–Crippen MR) is 70.5 cm³/mol. The normalized spacial score (nSPS) is 10.5. The van der Waals surface area contributed by atoms with Crippen molar-refractivity contribution >= 4 is 33.3 Å². The van der Waals surface area contributed by atoms with Gasteiger partial charge in [-0.25, -0.2) is 9.97 Å². The van der Waals surface area contributed by atoms with Crippen LogP contribution in [0.2, 0.25) is 0 Å². The molecule has 0 aliphatic heterocycles. The lowest BCUT2D eigenvalue weighted by molar-refractivity contribution is -0.0498. The van der Waals surface area contributed by atoms with E-state index in [1.165, 1.54) is 18.5 Å². The monoisotopic (exact) mass is 330 g/mol. The Morgan fingerprint density at radius 1 is 1.21 bits per heavy atom. The largest absolute Gasteiger partial charge is 0.435 e. The van der Waals surface area contributed by atoms with Crippen LogP contribution in [-0.4, -0.2) is 16.6 Å². The van der Waals surface area contributed by atoms with E-state index in [4.69, 9.17) is 5.73 Å². The highest BCUT2D eigenvalue weighted by Crippen LogP contribution is 2.27. The Morgan fingerprint density at radius 2 is 1.89 bits per heavy atom. The molecule has 0 saturated carbocycles. The van der Waals surface area contributed by atoms with Gasteiger partial charge in [-0.3, -0.25) is 0 Å². The SMILES string of the molecule is Nc1ncnc(Nc2ccc(OC(F)F)cc2)c1Br. The van der Waals surface area contributed by atoms with Crippen molar-refractivity contribution in [1.29, 1.82) is 0 Å². The summed E-state index contributed by atoms with van der Waals surface area (Å²) in [4.78, 5) is 7.81. The average Bonchev–Trinajstić information content (AvgIpc) is 2.37. The summed E-state index contributed by atoms with van der Waals surface area (Å²) in [5.74, 6) is 0.868. The first-order valence-electron chi connectivity index (χ1n) is 5.14. The maximum Gasteiger partial charge on any atom is 0.387 e. The number of hydrogen-bond donors (Lipinski definition) is 2. The van der Waals surface area contributed by atoms with Gasteiger partial charge < -0.3 is 15.8 Å². The summed E-state index contributed by atoms with van der Waals surface area (Å²) in [7, 11) is 0. The minimum absolute atomic E-state index is 0.0850. The van der Waals surface area contributed by atoms with Gasteiger partial charge in [0.2, 0.25) is 0 Å². The van der Waals surface area contributed by atoms with Crippen molar-refractivity contribution in [3.63, 3.8) is 0 Å². The Balaban J connectivity index is 2.13. The third-order valence-corrected chi connectivity index (χ3v) is 2.94. The van der Waals surface area contributed by atoms with Gasteiger partial charge in [-0.05, 0) is 40.2 Å². The average molecular weight is 331 g/mol. The second kappa shape index (κ2) is 5.79. The third-order valence-electron chi connectivity index (χ3n) is 2.16. The van der Waals surface area contributed by atoms with Gasteiger partial charge in [0.1, 0.15) is 28.2 Å². The van der Waals surface area contributed by atoms with Gasteiger partial charge in [-0.2, -0.15) is 8.78 Å². The molecule has 2 aromatic rings. The van der Waals surface area contributed by atoms with Crippen molar-refractivity contribution in [2.24, 2.45) is 0 Å². The van der Waals surface area contributed by atoms with E-state index < -0.39 is 6.61 Å². The van der Waals surface area contributed by atoms with Gasteiger partial charge in [-0.15, -0.1) is 0 Å². The van der Waals surface area contributed by atoms with Crippen molar-refractivity contribution in [3.05, 3.63) is 35.1 Å². The Labute approximate surface area is 115 Å². The number of nitrogens with zero attached hydrogens (tertiary/aromatic N) is 2. The lowest BCUT2D eigenvalue weighted by Crippen LogP contribution is -2.02. The van der Waals surface area contributed by atoms with E-state index in [0.29, 0.717) is 21.8 Å². The van der Waals surface area contributed by atoms with Gasteiger partial charge in [0.05, 0.1) is 0 Å². The highest BCUT2D eigenvalue weighted by atomic mass is 79.9. The number of nitrogens with one attached hydrogen (secondary N) is 1. The minimum atomic E-state index is -2.84. The number of ether oxygens (including phenoxy) is 1. The first kappa shape index (κ1) is 13.5. The second-order valence-electron chi connectivity index (χ2n) is 3.45. The standard InChI is InChI=1S/C11H9BrF2N4O/c12-8-9(15)16-5-17-10(8)18-6-1-3-7(4-2-6)19-11(13)14/h1-5,11H,(H3,15,16,17,18). The van der Waals surface area contributed by atoms with Crippen LogP contribution in [0.5, 0.6) is 5.75 Å². The summed E-state index contributed by atoms with van der Waals surface area (Å²) in [6, 6.07) is 6.02. The summed E-state index contributed by atoms with van der Waals surface area (Å²) in [5, 5.41) is 2.97. The van der Waals surface area contributed by atoms with E-state index in [0.717, 1.165) is 0 Å². The van der Waals surface area contributed by atoms with E-state index in [2.05, 4.69) is 36.0 Å². The Kier molecular flexibility index (Phi) is 4.10. The molecular formula is C11H9BrF2N4O. The summed E-state index contributed by atoms with van der Waals surface area (Å²) < 4.78 is 28.8. The molecule has 0 atom stereocenters. The topological polar surface area (TPSA) is 73.1 Å². The fourth-order valence-corrected chi connectivity index (χ4v) is 1.63. The van der Waals surface area contributed by atoms with Crippen molar-refractivity contribution in [2.45, 2.75) is 6.61 Å². The zero-order valence-electron chi connectivity index (χ0n) is 9.48. The number of nitrogens with two attached hydrogens (primary N) is 1. The van der Waals surface area contributed by atoms with E-state index in [9.17, 15) is 8.78 Å². The van der Waals surface area contributed by atoms with Gasteiger partial charge in [-0.1, -0.05) is 0 Å². The summed E-state index contributed by atoms with van der Waals surface area (Å²) in [6.07, 6.45) is 1.32. The zero-order valence-corrected chi connectivity index (χ0v) is 11.1. The highest BCUT2D eigenvalue weighted by Gasteiger charge is 2.07. The van der Waals surface area contributed by atoms with Crippen LogP contribution in [0.3, 0.4) is 0 Å². The maximum absolute atomic E-state index is 12.0. The number of hydrogen-bond acceptors (Lipinski definition) is 5. The lowest BCUT2D eigenvalue weighted by atomic mass is 10.3. The number of nitrogen functional groups attached to an aromatic ring is 1. The second-order valence-corrected chi connectivity index (χ2v) is 4.24. The quantitative estimate of drug-likeness (QED) is 0.900. The molecule has 1 heterocycles. The van der Waals surface area contributed by atoms with Crippen LogP contribution < -0.4 is 15.8 Å². The molecule has 100 valence electrons. The molecule has 0 aliphatic rings. The molecule has 0 radical (unpaired) electrons. The molecule has 0 fully saturated rings. The number of halogens is 3. The summed E-state index contributed by atoms with van der Waals surface area (Å²) in [5.41, 5.74) is 6.27. The van der Waals surface area contributed by atoms with Gasteiger partial charge in [0.15, 0.2) is 0 Å². The molecule has 8 heteroatoms. The smallest absolute Gasteiger partial charge is 0.387 e. The fourth-order valence-electron chi connectivity index (χ4n) is 1.33. The molecule has 0 saturated heterocycles. The predicted octanol–water partition coefficient (Wildman–Crippen LogP) is 3.17. The highest BCUT2D eigenvalue weighted by molar-refractivity contribution is 9.10. The number of rotatable bonds is 4. The van der Waals surface area contributed by atoms with E-state index in [1.807, 2.05) is 0 Å². The van der Waals surface area contributed by atoms with E-state index >= 15 is 0 Å². The molecule has 2 rings (SSSR count). The number of aromatic nitrogens is 2. The van der Waals surface area contributed by atoms with Crippen molar-refractivity contribution < 1.29 is 13.5 Å². The molecule has 3 N–H and O–H groups in total. The molecule has 0 amide bonds. The lowest BCUT2D eigenvalue weighted by Gasteiger charge is -2.09. The van der Waals surface area contributed by atoms with Crippen LogP contribution in [0.25, 0.3) is 0 Å². The van der Waals surface area contributed by atoms with E-state index in [-0.39, 0.29) is 5.75 Å². The fraction of sp³-hybridized carbons (Fsp3) is 0.0909. The first-order valence-corrected chi connectivity index (χ1v) is 5.93.